The molecule has 0 atom stereocenters. The molecule has 150 valence electrons. The van der Waals surface area contributed by atoms with Crippen LogP contribution in [0.25, 0.3) is 11.4 Å². The molecule has 0 N–H and O–H groups in total. The zero-order chi connectivity index (χ0) is 20.8. The van der Waals surface area contributed by atoms with Gasteiger partial charge in [-0.3, -0.25) is 0 Å². The molecule has 0 saturated heterocycles. The van der Waals surface area contributed by atoms with Crippen LogP contribution in [-0.2, 0) is 6.61 Å². The van der Waals surface area contributed by atoms with Gasteiger partial charge in [0, 0.05) is 11.6 Å². The summed E-state index contributed by atoms with van der Waals surface area (Å²) < 4.78 is 52.6. The molecule has 0 radical (unpaired) electrons. The molecule has 0 aliphatic heterocycles. The van der Waals surface area contributed by atoms with Gasteiger partial charge in [0.05, 0.1) is 24.6 Å². The molecular formula is C22H19F3N2O2. The molecular weight excluding hydrogens is 381 g/mol. The van der Waals surface area contributed by atoms with E-state index in [4.69, 9.17) is 9.47 Å². The van der Waals surface area contributed by atoms with E-state index in [1.807, 2.05) is 0 Å². The fourth-order valence-electron chi connectivity index (χ4n) is 2.52. The summed E-state index contributed by atoms with van der Waals surface area (Å²) in [5.74, 6) is -1.54. The number of rotatable bonds is 8. The van der Waals surface area contributed by atoms with Crippen LogP contribution < -0.4 is 9.47 Å². The fraction of sp³-hybridized carbons (Fsp3) is 0.182. The molecule has 1 aromatic heterocycles. The predicted molar refractivity (Wildman–Crippen MR) is 103 cm³/mol. The first-order chi connectivity index (χ1) is 14.0. The van der Waals surface area contributed by atoms with Gasteiger partial charge in [-0.2, -0.15) is 0 Å². The highest BCUT2D eigenvalue weighted by Crippen LogP contribution is 2.25. The van der Waals surface area contributed by atoms with Crippen molar-refractivity contribution in [1.82, 2.24) is 9.97 Å². The Bertz CT molecular complexity index is 1010. The van der Waals surface area contributed by atoms with Crippen molar-refractivity contribution < 1.29 is 22.6 Å². The van der Waals surface area contributed by atoms with E-state index in [9.17, 15) is 13.2 Å². The van der Waals surface area contributed by atoms with Crippen molar-refractivity contribution in [1.29, 1.82) is 0 Å². The molecule has 0 aliphatic rings. The molecule has 3 aromatic rings. The van der Waals surface area contributed by atoms with Crippen molar-refractivity contribution in [2.45, 2.75) is 20.0 Å². The van der Waals surface area contributed by atoms with Crippen LogP contribution in [0.4, 0.5) is 13.2 Å². The molecule has 0 fully saturated rings. The summed E-state index contributed by atoms with van der Waals surface area (Å²) in [6.45, 7) is 5.31. The first-order valence-corrected chi connectivity index (χ1v) is 8.91. The predicted octanol–water partition coefficient (Wildman–Crippen LogP) is 5.40. The lowest BCUT2D eigenvalue weighted by molar-refractivity contribution is 0.294. The number of hydrogen-bond acceptors (Lipinski definition) is 4. The molecule has 1 heterocycles. The highest BCUT2D eigenvalue weighted by Gasteiger charge is 2.13. The highest BCUT2D eigenvalue weighted by molar-refractivity contribution is 5.57. The quantitative estimate of drug-likeness (QED) is 0.375. The maximum Gasteiger partial charge on any atom is 0.165 e. The Labute approximate surface area is 166 Å². The van der Waals surface area contributed by atoms with Gasteiger partial charge >= 0.3 is 0 Å². The lowest BCUT2D eigenvalue weighted by Gasteiger charge is -2.09. The number of aromatic nitrogens is 2. The Kier molecular flexibility index (Phi) is 6.49. The molecule has 2 aromatic carbocycles. The summed E-state index contributed by atoms with van der Waals surface area (Å²) in [5.41, 5.74) is 0.507. The molecule has 0 bridgehead atoms. The summed E-state index contributed by atoms with van der Waals surface area (Å²) in [7, 11) is 0. The largest absolute Gasteiger partial charge is 0.493 e. The fourth-order valence-corrected chi connectivity index (χ4v) is 2.52. The summed E-state index contributed by atoms with van der Waals surface area (Å²) >= 11 is 0. The van der Waals surface area contributed by atoms with E-state index >= 15 is 0 Å². The summed E-state index contributed by atoms with van der Waals surface area (Å²) in [5, 5.41) is 0. The van der Waals surface area contributed by atoms with E-state index in [0.29, 0.717) is 18.8 Å². The zero-order valence-electron chi connectivity index (χ0n) is 15.8. The van der Waals surface area contributed by atoms with Crippen molar-refractivity contribution in [3.05, 3.63) is 84.0 Å². The second kappa shape index (κ2) is 9.23. The lowest BCUT2D eigenvalue weighted by Crippen LogP contribution is -2.03. The molecule has 0 aliphatic carbocycles. The Morgan fingerprint density at radius 1 is 0.966 bits per heavy atom. The second-order valence-corrected chi connectivity index (χ2v) is 6.27. The Balaban J connectivity index is 1.67. The van der Waals surface area contributed by atoms with Crippen molar-refractivity contribution >= 4 is 0 Å². The topological polar surface area (TPSA) is 44.2 Å². The zero-order valence-corrected chi connectivity index (χ0v) is 15.8. The van der Waals surface area contributed by atoms with Crippen LogP contribution >= 0.6 is 0 Å². The van der Waals surface area contributed by atoms with Gasteiger partial charge in [0.2, 0.25) is 0 Å². The van der Waals surface area contributed by atoms with Crippen LogP contribution in [0, 0.1) is 24.4 Å². The summed E-state index contributed by atoms with van der Waals surface area (Å²) in [6.07, 6.45) is 5.07. The Morgan fingerprint density at radius 2 is 1.72 bits per heavy atom. The normalized spacial score (nSPS) is 10.6. The molecule has 0 amide bonds. The third kappa shape index (κ3) is 4.93. The molecule has 3 rings (SSSR count). The van der Waals surface area contributed by atoms with E-state index in [0.717, 1.165) is 0 Å². The van der Waals surface area contributed by atoms with Crippen LogP contribution in [0.3, 0.4) is 0 Å². The Hall–Kier alpha value is -3.35. The maximum atomic E-state index is 14.3. The second-order valence-electron chi connectivity index (χ2n) is 6.27. The van der Waals surface area contributed by atoms with Gasteiger partial charge in [-0.1, -0.05) is 18.2 Å². The SMILES string of the molecule is C=CCCOc1ccc(-c2ncc(OCc3ccc(C)c(F)c3F)cn2)c(F)c1. The minimum atomic E-state index is -0.944. The smallest absolute Gasteiger partial charge is 0.165 e. The third-order valence-electron chi connectivity index (χ3n) is 4.15. The average molecular weight is 400 g/mol. The summed E-state index contributed by atoms with van der Waals surface area (Å²) in [6, 6.07) is 7.35. The molecule has 29 heavy (non-hydrogen) atoms. The van der Waals surface area contributed by atoms with Gasteiger partial charge in [-0.15, -0.1) is 6.58 Å². The number of aryl methyl sites for hydroxylation is 1. The number of benzene rings is 2. The van der Waals surface area contributed by atoms with E-state index in [1.165, 1.54) is 43.6 Å². The van der Waals surface area contributed by atoms with E-state index in [2.05, 4.69) is 16.5 Å². The molecule has 0 saturated carbocycles. The molecule has 0 unspecified atom stereocenters. The van der Waals surface area contributed by atoms with Gasteiger partial charge in [0.1, 0.15) is 18.2 Å². The summed E-state index contributed by atoms with van der Waals surface area (Å²) in [4.78, 5) is 8.17. The monoisotopic (exact) mass is 400 g/mol. The van der Waals surface area contributed by atoms with Crippen LogP contribution in [0.1, 0.15) is 17.5 Å². The first kappa shape index (κ1) is 20.4. The number of nitrogens with zero attached hydrogens (tertiary/aromatic N) is 2. The number of halogens is 3. The van der Waals surface area contributed by atoms with Crippen LogP contribution in [-0.4, -0.2) is 16.6 Å². The van der Waals surface area contributed by atoms with E-state index in [1.54, 1.807) is 12.1 Å². The van der Waals surface area contributed by atoms with E-state index in [-0.39, 0.29) is 34.9 Å². The maximum absolute atomic E-state index is 14.3. The van der Waals surface area contributed by atoms with Crippen LogP contribution in [0.5, 0.6) is 11.5 Å². The van der Waals surface area contributed by atoms with Crippen molar-refractivity contribution in [3.63, 3.8) is 0 Å². The van der Waals surface area contributed by atoms with E-state index < -0.39 is 17.5 Å². The van der Waals surface area contributed by atoms with Crippen LogP contribution in [0.15, 0.2) is 55.4 Å². The van der Waals surface area contributed by atoms with Gasteiger partial charge in [-0.25, -0.2) is 23.1 Å². The first-order valence-electron chi connectivity index (χ1n) is 8.91. The molecule has 4 nitrogen and oxygen atoms in total. The van der Waals surface area contributed by atoms with Crippen molar-refractivity contribution in [2.24, 2.45) is 0 Å². The van der Waals surface area contributed by atoms with Gasteiger partial charge in [0.25, 0.3) is 0 Å². The molecule has 7 heteroatoms. The van der Waals surface area contributed by atoms with Gasteiger partial charge in [-0.05, 0) is 31.0 Å². The van der Waals surface area contributed by atoms with Crippen molar-refractivity contribution in [3.8, 4) is 22.9 Å². The van der Waals surface area contributed by atoms with Crippen LogP contribution in [0.2, 0.25) is 0 Å². The number of hydrogen-bond donors (Lipinski definition) is 0. The Morgan fingerprint density at radius 3 is 2.41 bits per heavy atom. The minimum Gasteiger partial charge on any atom is -0.493 e. The standard InChI is InChI=1S/C22H19F3N2O2/c1-3-4-9-28-16-7-8-18(19(23)10-16)22-26-11-17(12-27-22)29-13-15-6-5-14(2)20(24)21(15)25/h3,5-8,10-12H,1,4,9,13H2,2H3. The van der Waals surface area contributed by atoms with Gasteiger partial charge < -0.3 is 9.47 Å². The molecule has 0 spiro atoms. The lowest BCUT2D eigenvalue weighted by atomic mass is 10.1. The van der Waals surface area contributed by atoms with Gasteiger partial charge in [0.15, 0.2) is 23.2 Å². The minimum absolute atomic E-state index is 0.0789. The highest BCUT2D eigenvalue weighted by atomic mass is 19.2. The third-order valence-corrected chi connectivity index (χ3v) is 4.15. The number of ether oxygens (including phenoxy) is 2. The average Bonchev–Trinajstić information content (AvgIpc) is 2.72. The van der Waals surface area contributed by atoms with Crippen molar-refractivity contribution in [2.75, 3.05) is 6.61 Å².